The number of carbonyl (C=O) groups excluding carboxylic acids is 1. The Bertz CT molecular complexity index is 385. The number of esters is 1. The molecule has 0 radical (unpaired) electrons. The molecule has 0 saturated heterocycles. The van der Waals surface area contributed by atoms with E-state index in [1.807, 2.05) is 6.92 Å². The number of carboxylic acids is 1. The molecule has 0 bridgehead atoms. The van der Waals surface area contributed by atoms with Gasteiger partial charge in [0.25, 0.3) is 10.1 Å². The van der Waals surface area contributed by atoms with Gasteiger partial charge in [-0.05, 0) is 6.42 Å². The first-order valence-corrected chi connectivity index (χ1v) is 7.14. The summed E-state index contributed by atoms with van der Waals surface area (Å²) in [5.74, 6) is -2.73. The van der Waals surface area contributed by atoms with E-state index in [9.17, 15) is 18.0 Å². The molecule has 108 valence electrons. The molecule has 0 aliphatic carbocycles. The first-order valence-electron chi connectivity index (χ1n) is 5.63. The zero-order valence-corrected chi connectivity index (χ0v) is 15.1. The number of hydrogen-bond donors (Lipinski definition) is 2. The summed E-state index contributed by atoms with van der Waals surface area (Å²) in [6, 6.07) is 0. The number of carboxylic acid groups (broad SMARTS) is 1. The Kier molecular flexibility index (Phi) is 12.8. The third-order valence-corrected chi connectivity index (χ3v) is 3.30. The average molecular weight is 322 g/mol. The van der Waals surface area contributed by atoms with Crippen LogP contribution in [0.3, 0.4) is 0 Å². The van der Waals surface area contributed by atoms with Gasteiger partial charge in [-0.2, -0.15) is 8.42 Å². The Morgan fingerprint density at radius 2 is 1.84 bits per heavy atom. The second-order valence-corrected chi connectivity index (χ2v) is 5.43. The zero-order chi connectivity index (χ0) is 14.2. The minimum atomic E-state index is -4.76. The van der Waals surface area contributed by atoms with Crippen LogP contribution >= 0.6 is 0 Å². The van der Waals surface area contributed by atoms with Crippen molar-refractivity contribution in [3.63, 3.8) is 0 Å². The van der Waals surface area contributed by atoms with Gasteiger partial charge in [0.1, 0.15) is 0 Å². The number of ether oxygens (including phenoxy) is 1. The molecule has 0 aromatic rings. The van der Waals surface area contributed by atoms with Gasteiger partial charge in [0, 0.05) is 0 Å². The van der Waals surface area contributed by atoms with Crippen molar-refractivity contribution in [2.24, 2.45) is 0 Å². The molecule has 0 aliphatic rings. The summed E-state index contributed by atoms with van der Waals surface area (Å²) in [4.78, 5) is 21.7. The smallest absolute Gasteiger partial charge is 1.00 e. The van der Waals surface area contributed by atoms with E-state index in [-0.39, 0.29) is 59.4 Å². The molecule has 0 spiro atoms. The number of rotatable bonds is 9. The normalized spacial score (nSPS) is 12.3. The fraction of sp³-hybridized carbons (Fsp3) is 0.800. The molecule has 7 nitrogen and oxygen atoms in total. The van der Waals surface area contributed by atoms with Crippen molar-refractivity contribution < 1.29 is 85.2 Å². The zero-order valence-electron chi connectivity index (χ0n) is 12.2. The van der Waals surface area contributed by atoms with E-state index >= 15 is 0 Å². The monoisotopic (exact) mass is 322 g/mol. The van der Waals surface area contributed by atoms with Gasteiger partial charge in [-0.3, -0.25) is 14.1 Å². The van der Waals surface area contributed by atoms with Crippen LogP contribution in [0.5, 0.6) is 0 Å². The predicted molar refractivity (Wildman–Crippen MR) is 63.8 cm³/mol. The van der Waals surface area contributed by atoms with Crippen molar-refractivity contribution in [2.75, 3.05) is 6.61 Å². The molecule has 19 heavy (non-hydrogen) atoms. The van der Waals surface area contributed by atoms with Crippen molar-refractivity contribution in [3.8, 4) is 0 Å². The van der Waals surface area contributed by atoms with Crippen LogP contribution in [0, 0.1) is 0 Å². The number of carbonyl (C=O) groups is 2. The fourth-order valence-electron chi connectivity index (χ4n) is 1.26. The van der Waals surface area contributed by atoms with Crippen LogP contribution in [0.1, 0.15) is 40.5 Å². The first-order chi connectivity index (χ1) is 8.29. The summed E-state index contributed by atoms with van der Waals surface area (Å²) in [6.45, 7) is 2.03. The first kappa shape index (κ1) is 21.8. The maximum absolute atomic E-state index is 11.3. The van der Waals surface area contributed by atoms with E-state index in [2.05, 4.69) is 4.74 Å². The Hall–Kier alpha value is 0.486. The second-order valence-electron chi connectivity index (χ2n) is 3.83. The molecule has 1 atom stereocenters. The van der Waals surface area contributed by atoms with Crippen LogP contribution in [0.15, 0.2) is 0 Å². The Morgan fingerprint density at radius 1 is 1.26 bits per heavy atom. The van der Waals surface area contributed by atoms with Crippen LogP contribution in [0.2, 0.25) is 0 Å². The summed E-state index contributed by atoms with van der Waals surface area (Å²) in [5.41, 5.74) is 0. The standard InChI is InChI=1S/C10H18O7S.K.H/c1-2-3-4-5-6-17-10(13)8(7-9(11)12)18(14,15)16;;/h8H,2-7H2,1H3,(H,11,12)(H,14,15,16);;/q;+1;-1. The molecule has 1 unspecified atom stereocenters. The van der Waals surface area contributed by atoms with E-state index in [1.54, 1.807) is 0 Å². The largest absolute Gasteiger partial charge is 1.00 e. The van der Waals surface area contributed by atoms with Crippen LogP contribution in [-0.4, -0.2) is 41.9 Å². The van der Waals surface area contributed by atoms with Crippen molar-refractivity contribution in [1.82, 2.24) is 0 Å². The van der Waals surface area contributed by atoms with Crippen molar-refractivity contribution in [1.29, 1.82) is 0 Å². The minimum Gasteiger partial charge on any atom is -1.00 e. The minimum absolute atomic E-state index is 0. The van der Waals surface area contributed by atoms with Gasteiger partial charge < -0.3 is 11.3 Å². The summed E-state index contributed by atoms with van der Waals surface area (Å²) in [6.07, 6.45) is 2.37. The van der Waals surface area contributed by atoms with Crippen LogP contribution in [-0.2, 0) is 24.4 Å². The van der Waals surface area contributed by atoms with Crippen molar-refractivity contribution >= 4 is 22.1 Å². The molecular weight excluding hydrogens is 303 g/mol. The number of unbranched alkanes of at least 4 members (excludes halogenated alkanes) is 3. The van der Waals surface area contributed by atoms with Gasteiger partial charge in [0.2, 0.25) is 0 Å². The SMILES string of the molecule is CCCCCCOC(=O)C(CC(=O)O)S(=O)(=O)O.[H-].[K+]. The molecule has 0 aromatic heterocycles. The van der Waals surface area contributed by atoms with E-state index in [0.29, 0.717) is 6.42 Å². The maximum atomic E-state index is 11.3. The second kappa shape index (κ2) is 11.2. The third-order valence-electron chi connectivity index (χ3n) is 2.22. The molecule has 0 aliphatic heterocycles. The van der Waals surface area contributed by atoms with Gasteiger partial charge >= 0.3 is 63.3 Å². The van der Waals surface area contributed by atoms with E-state index < -0.39 is 33.7 Å². The summed E-state index contributed by atoms with van der Waals surface area (Å²) >= 11 is 0. The molecular formula is C10H19KO7S. The topological polar surface area (TPSA) is 118 Å². The predicted octanol–water partition coefficient (Wildman–Crippen LogP) is -2.04. The Morgan fingerprint density at radius 3 is 2.26 bits per heavy atom. The van der Waals surface area contributed by atoms with Crippen LogP contribution in [0.4, 0.5) is 0 Å². The fourth-order valence-corrected chi connectivity index (χ4v) is 1.93. The molecule has 2 N–H and O–H groups in total. The van der Waals surface area contributed by atoms with Gasteiger partial charge in [0.15, 0.2) is 5.25 Å². The van der Waals surface area contributed by atoms with Crippen molar-refractivity contribution in [3.05, 3.63) is 0 Å². The quantitative estimate of drug-likeness (QED) is 0.217. The van der Waals surface area contributed by atoms with E-state index in [0.717, 1.165) is 19.3 Å². The number of aliphatic carboxylic acids is 1. The van der Waals surface area contributed by atoms with Crippen molar-refractivity contribution in [2.45, 2.75) is 44.3 Å². The van der Waals surface area contributed by atoms with Gasteiger partial charge in [-0.25, -0.2) is 0 Å². The molecule has 0 heterocycles. The molecule has 0 saturated carbocycles. The van der Waals surface area contributed by atoms with E-state index in [1.165, 1.54) is 0 Å². The average Bonchev–Trinajstić information content (AvgIpc) is 2.23. The summed E-state index contributed by atoms with van der Waals surface area (Å²) in [5, 5.41) is 6.40. The van der Waals surface area contributed by atoms with Gasteiger partial charge in [-0.15, -0.1) is 0 Å². The number of hydrogen-bond acceptors (Lipinski definition) is 5. The van der Waals surface area contributed by atoms with Gasteiger partial charge in [0.05, 0.1) is 13.0 Å². The molecule has 0 rings (SSSR count). The summed E-state index contributed by atoms with van der Waals surface area (Å²) in [7, 11) is -4.76. The van der Waals surface area contributed by atoms with Gasteiger partial charge in [-0.1, -0.05) is 26.2 Å². The van der Waals surface area contributed by atoms with E-state index in [4.69, 9.17) is 9.66 Å². The maximum Gasteiger partial charge on any atom is 1.00 e. The van der Waals surface area contributed by atoms with Crippen LogP contribution in [0.25, 0.3) is 0 Å². The van der Waals surface area contributed by atoms with Crippen LogP contribution < -0.4 is 51.4 Å². The summed E-state index contributed by atoms with van der Waals surface area (Å²) < 4.78 is 35.1. The Balaban J connectivity index is -0.00000144. The molecule has 9 heteroatoms. The molecule has 0 fully saturated rings. The molecule has 0 amide bonds. The third kappa shape index (κ3) is 10.9. The Labute approximate surface area is 156 Å². The molecule has 0 aromatic carbocycles.